The molecule has 1 aliphatic rings. The molecule has 1 aromatic carbocycles. The SMILES string of the molecule is O=[N+]([O-])c1ccc2c(c1)CN(c1ccnc3ccsc13)CC2. The molecule has 0 unspecified atom stereocenters. The summed E-state index contributed by atoms with van der Waals surface area (Å²) in [7, 11) is 0. The van der Waals surface area contributed by atoms with Gasteiger partial charge in [0.25, 0.3) is 5.69 Å². The Morgan fingerprint density at radius 1 is 1.23 bits per heavy atom. The third-order valence-electron chi connectivity index (χ3n) is 4.08. The van der Waals surface area contributed by atoms with Crippen molar-refractivity contribution in [3.63, 3.8) is 0 Å². The van der Waals surface area contributed by atoms with E-state index in [0.29, 0.717) is 6.54 Å². The van der Waals surface area contributed by atoms with E-state index in [1.165, 1.54) is 10.3 Å². The van der Waals surface area contributed by atoms with E-state index in [0.717, 1.165) is 29.7 Å². The molecule has 0 spiro atoms. The van der Waals surface area contributed by atoms with Crippen LogP contribution < -0.4 is 4.90 Å². The maximum Gasteiger partial charge on any atom is 0.269 e. The number of thiophene rings is 1. The Kier molecular flexibility index (Phi) is 3.04. The van der Waals surface area contributed by atoms with Gasteiger partial charge >= 0.3 is 0 Å². The minimum atomic E-state index is -0.330. The van der Waals surface area contributed by atoms with Gasteiger partial charge in [0, 0.05) is 31.4 Å². The molecule has 0 fully saturated rings. The van der Waals surface area contributed by atoms with E-state index in [2.05, 4.69) is 9.88 Å². The summed E-state index contributed by atoms with van der Waals surface area (Å²) in [4.78, 5) is 17.3. The van der Waals surface area contributed by atoms with Crippen molar-refractivity contribution in [2.24, 2.45) is 0 Å². The van der Waals surface area contributed by atoms with E-state index < -0.39 is 0 Å². The molecule has 0 aliphatic carbocycles. The highest BCUT2D eigenvalue weighted by Crippen LogP contribution is 2.33. The van der Waals surface area contributed by atoms with E-state index in [4.69, 9.17) is 0 Å². The topological polar surface area (TPSA) is 59.3 Å². The lowest BCUT2D eigenvalue weighted by Crippen LogP contribution is -2.30. The second kappa shape index (κ2) is 5.06. The smallest absolute Gasteiger partial charge is 0.269 e. The molecule has 0 saturated carbocycles. The Hall–Kier alpha value is -2.47. The molecule has 0 bridgehead atoms. The number of aromatic nitrogens is 1. The standard InChI is InChI=1S/C16H13N3O2S/c20-19(21)13-2-1-11-4-7-18(10-12(11)9-13)15-3-6-17-14-5-8-22-16(14)15/h1-3,5-6,8-9H,4,7,10H2. The fourth-order valence-corrected chi connectivity index (χ4v) is 3.86. The van der Waals surface area contributed by atoms with Crippen LogP contribution in [0.15, 0.2) is 41.9 Å². The van der Waals surface area contributed by atoms with Gasteiger partial charge in [-0.3, -0.25) is 15.1 Å². The summed E-state index contributed by atoms with van der Waals surface area (Å²) in [5.74, 6) is 0. The maximum absolute atomic E-state index is 11.0. The van der Waals surface area contributed by atoms with Crippen LogP contribution in [0.25, 0.3) is 10.2 Å². The van der Waals surface area contributed by atoms with E-state index >= 15 is 0 Å². The Balaban J connectivity index is 1.73. The van der Waals surface area contributed by atoms with Crippen molar-refractivity contribution >= 4 is 32.9 Å². The second-order valence-corrected chi connectivity index (χ2v) is 6.26. The summed E-state index contributed by atoms with van der Waals surface area (Å²) >= 11 is 1.68. The van der Waals surface area contributed by atoms with Crippen molar-refractivity contribution in [1.82, 2.24) is 4.98 Å². The highest BCUT2D eigenvalue weighted by atomic mass is 32.1. The average molecular weight is 311 g/mol. The minimum absolute atomic E-state index is 0.164. The molecule has 4 rings (SSSR count). The van der Waals surface area contributed by atoms with Crippen LogP contribution in [0.5, 0.6) is 0 Å². The zero-order valence-corrected chi connectivity index (χ0v) is 12.5. The summed E-state index contributed by atoms with van der Waals surface area (Å²) in [5, 5.41) is 13.0. The first-order valence-electron chi connectivity index (χ1n) is 7.06. The number of fused-ring (bicyclic) bond motifs is 2. The molecule has 0 saturated heterocycles. The van der Waals surface area contributed by atoms with E-state index in [-0.39, 0.29) is 10.6 Å². The number of non-ortho nitro benzene ring substituents is 1. The molecule has 0 atom stereocenters. The van der Waals surface area contributed by atoms with Gasteiger partial charge < -0.3 is 4.90 Å². The van der Waals surface area contributed by atoms with Gasteiger partial charge in [0.1, 0.15) is 0 Å². The van der Waals surface area contributed by atoms with Crippen LogP contribution >= 0.6 is 11.3 Å². The number of nitro benzene ring substituents is 1. The number of anilines is 1. The van der Waals surface area contributed by atoms with Gasteiger partial charge in [-0.25, -0.2) is 0 Å². The number of nitrogens with zero attached hydrogens (tertiary/aromatic N) is 3. The first-order chi connectivity index (χ1) is 10.7. The largest absolute Gasteiger partial charge is 0.366 e. The zero-order valence-electron chi connectivity index (χ0n) is 11.7. The minimum Gasteiger partial charge on any atom is -0.366 e. The molecule has 1 aliphatic heterocycles. The monoisotopic (exact) mass is 311 g/mol. The Bertz CT molecular complexity index is 875. The second-order valence-electron chi connectivity index (χ2n) is 5.35. The van der Waals surface area contributed by atoms with E-state index in [1.807, 2.05) is 29.8 Å². The summed E-state index contributed by atoms with van der Waals surface area (Å²) in [6.07, 6.45) is 2.73. The van der Waals surface area contributed by atoms with Crippen LogP contribution in [0.1, 0.15) is 11.1 Å². The molecule has 0 N–H and O–H groups in total. The van der Waals surface area contributed by atoms with Gasteiger partial charge in [0.2, 0.25) is 0 Å². The molecule has 6 heteroatoms. The van der Waals surface area contributed by atoms with Crippen LogP contribution in [0.2, 0.25) is 0 Å². The number of hydrogen-bond acceptors (Lipinski definition) is 5. The van der Waals surface area contributed by atoms with Gasteiger partial charge in [-0.1, -0.05) is 6.07 Å². The molecular weight excluding hydrogens is 298 g/mol. The molecule has 22 heavy (non-hydrogen) atoms. The van der Waals surface area contributed by atoms with Crippen LogP contribution in [0.4, 0.5) is 11.4 Å². The highest BCUT2D eigenvalue weighted by Gasteiger charge is 2.21. The Morgan fingerprint density at radius 3 is 3.00 bits per heavy atom. The summed E-state index contributed by atoms with van der Waals surface area (Å²) in [6.45, 7) is 1.62. The average Bonchev–Trinajstić information content (AvgIpc) is 3.02. The quantitative estimate of drug-likeness (QED) is 0.534. The Morgan fingerprint density at radius 2 is 2.14 bits per heavy atom. The number of nitro groups is 1. The third kappa shape index (κ3) is 2.12. The summed E-state index contributed by atoms with van der Waals surface area (Å²) in [6, 6.07) is 9.23. The van der Waals surface area contributed by atoms with Crippen LogP contribution in [0, 0.1) is 10.1 Å². The number of rotatable bonds is 2. The lowest BCUT2D eigenvalue weighted by molar-refractivity contribution is -0.384. The first-order valence-corrected chi connectivity index (χ1v) is 7.94. The highest BCUT2D eigenvalue weighted by molar-refractivity contribution is 7.17. The zero-order chi connectivity index (χ0) is 15.1. The van der Waals surface area contributed by atoms with Gasteiger partial charge in [-0.2, -0.15) is 0 Å². The molecule has 0 amide bonds. The summed E-state index contributed by atoms with van der Waals surface area (Å²) < 4.78 is 1.18. The normalized spacial score (nSPS) is 14.1. The predicted octanol–water partition coefficient (Wildman–Crippen LogP) is 3.77. The van der Waals surface area contributed by atoms with Crippen molar-refractivity contribution in [1.29, 1.82) is 0 Å². The fraction of sp³-hybridized carbons (Fsp3) is 0.188. The lowest BCUT2D eigenvalue weighted by Gasteiger charge is -2.30. The molecule has 3 heterocycles. The molecule has 110 valence electrons. The van der Waals surface area contributed by atoms with Gasteiger partial charge in [0.15, 0.2) is 0 Å². The van der Waals surface area contributed by atoms with Crippen LogP contribution in [-0.4, -0.2) is 16.5 Å². The third-order valence-corrected chi connectivity index (χ3v) is 5.00. The molecular formula is C16H13N3O2S. The van der Waals surface area contributed by atoms with Crippen LogP contribution in [0.3, 0.4) is 0 Å². The molecule has 5 nitrogen and oxygen atoms in total. The fourth-order valence-electron chi connectivity index (χ4n) is 2.97. The molecule has 3 aromatic rings. The van der Waals surface area contributed by atoms with Gasteiger partial charge in [-0.15, -0.1) is 11.3 Å². The van der Waals surface area contributed by atoms with Crippen molar-refractivity contribution in [3.05, 3.63) is 63.1 Å². The van der Waals surface area contributed by atoms with E-state index in [9.17, 15) is 10.1 Å². The number of pyridine rings is 1. The number of hydrogen-bond donors (Lipinski definition) is 0. The molecule has 0 radical (unpaired) electrons. The molecule has 2 aromatic heterocycles. The van der Waals surface area contributed by atoms with E-state index in [1.54, 1.807) is 23.5 Å². The predicted molar refractivity (Wildman–Crippen MR) is 87.5 cm³/mol. The van der Waals surface area contributed by atoms with Crippen molar-refractivity contribution < 1.29 is 4.92 Å². The number of benzene rings is 1. The maximum atomic E-state index is 11.0. The van der Waals surface area contributed by atoms with Crippen LogP contribution in [-0.2, 0) is 13.0 Å². The summed E-state index contributed by atoms with van der Waals surface area (Å²) in [5.41, 5.74) is 4.58. The Labute approximate surface area is 131 Å². The first kappa shape index (κ1) is 13.2. The van der Waals surface area contributed by atoms with Crippen molar-refractivity contribution in [2.45, 2.75) is 13.0 Å². The van der Waals surface area contributed by atoms with Gasteiger partial charge in [0.05, 0.1) is 20.8 Å². The lowest BCUT2D eigenvalue weighted by atomic mass is 9.98. The van der Waals surface area contributed by atoms with Crippen molar-refractivity contribution in [2.75, 3.05) is 11.4 Å². The van der Waals surface area contributed by atoms with Gasteiger partial charge in [-0.05, 0) is 35.1 Å². The van der Waals surface area contributed by atoms with Crippen molar-refractivity contribution in [3.8, 4) is 0 Å².